The molecule has 18 heavy (non-hydrogen) atoms. The van der Waals surface area contributed by atoms with Crippen LogP contribution in [0.3, 0.4) is 0 Å². The molecular formula is C13H14BrN3O. The molecule has 1 aromatic heterocycles. The van der Waals surface area contributed by atoms with Gasteiger partial charge in [0.15, 0.2) is 0 Å². The first-order valence-electron chi connectivity index (χ1n) is 5.67. The maximum atomic E-state index is 5.57. The van der Waals surface area contributed by atoms with Crippen LogP contribution < -0.4 is 10.1 Å². The molecule has 5 heteroatoms. The average molecular weight is 308 g/mol. The number of anilines is 1. The third-order valence-electron chi connectivity index (χ3n) is 2.23. The average Bonchev–Trinajstić information content (AvgIpc) is 2.35. The molecule has 0 bridgehead atoms. The molecule has 94 valence electrons. The van der Waals surface area contributed by atoms with Gasteiger partial charge in [-0.05, 0) is 35.0 Å². The molecule has 1 N–H and O–H groups in total. The van der Waals surface area contributed by atoms with Crippen LogP contribution in [0.1, 0.15) is 5.82 Å². The normalized spacial score (nSPS) is 10.1. The molecule has 0 unspecified atom stereocenters. The van der Waals surface area contributed by atoms with E-state index in [2.05, 4.69) is 31.2 Å². The van der Waals surface area contributed by atoms with Crippen molar-refractivity contribution in [2.75, 3.05) is 18.5 Å². The van der Waals surface area contributed by atoms with Crippen LogP contribution in [0.5, 0.6) is 5.75 Å². The van der Waals surface area contributed by atoms with Gasteiger partial charge >= 0.3 is 0 Å². The summed E-state index contributed by atoms with van der Waals surface area (Å²) in [6.07, 6.45) is 0. The molecule has 0 aliphatic carbocycles. The van der Waals surface area contributed by atoms with Gasteiger partial charge in [0, 0.05) is 6.07 Å². The first kappa shape index (κ1) is 12.8. The van der Waals surface area contributed by atoms with Crippen molar-refractivity contribution in [3.05, 3.63) is 46.8 Å². The number of hydrogen-bond donors (Lipinski definition) is 1. The van der Waals surface area contributed by atoms with E-state index in [0.29, 0.717) is 13.2 Å². The zero-order chi connectivity index (χ0) is 12.8. The summed E-state index contributed by atoms with van der Waals surface area (Å²) < 4.78 is 6.35. The second-order valence-electron chi connectivity index (χ2n) is 3.71. The molecule has 1 heterocycles. The minimum Gasteiger partial charge on any atom is -0.492 e. The largest absolute Gasteiger partial charge is 0.492 e. The Morgan fingerprint density at radius 2 is 2.00 bits per heavy atom. The zero-order valence-electron chi connectivity index (χ0n) is 10.1. The molecule has 2 aromatic rings. The fourth-order valence-electron chi connectivity index (χ4n) is 1.49. The third kappa shape index (κ3) is 4.00. The van der Waals surface area contributed by atoms with Gasteiger partial charge in [0.2, 0.25) is 0 Å². The van der Waals surface area contributed by atoms with Crippen molar-refractivity contribution in [1.29, 1.82) is 0 Å². The zero-order valence-corrected chi connectivity index (χ0v) is 11.6. The van der Waals surface area contributed by atoms with Crippen molar-refractivity contribution in [3.63, 3.8) is 0 Å². The standard InChI is InChI=1S/C13H14BrN3O/c1-10-16-12(14)9-13(17-10)15-7-8-18-11-5-3-2-4-6-11/h2-6,9H,7-8H2,1H3,(H,15,16,17). The Bertz CT molecular complexity index is 485. The number of ether oxygens (including phenoxy) is 1. The fraction of sp³-hybridized carbons (Fsp3) is 0.231. The summed E-state index contributed by atoms with van der Waals surface area (Å²) in [6, 6.07) is 11.6. The number of aryl methyl sites for hydroxylation is 1. The number of para-hydroxylation sites is 1. The van der Waals surface area contributed by atoms with E-state index >= 15 is 0 Å². The van der Waals surface area contributed by atoms with Crippen LogP contribution in [-0.4, -0.2) is 23.1 Å². The number of aromatic nitrogens is 2. The van der Waals surface area contributed by atoms with Crippen molar-refractivity contribution in [1.82, 2.24) is 9.97 Å². The Balaban J connectivity index is 1.78. The Hall–Kier alpha value is -1.62. The third-order valence-corrected chi connectivity index (χ3v) is 2.63. The van der Waals surface area contributed by atoms with Gasteiger partial charge in [0.1, 0.15) is 28.6 Å². The van der Waals surface area contributed by atoms with E-state index in [-0.39, 0.29) is 0 Å². The second-order valence-corrected chi connectivity index (χ2v) is 4.52. The summed E-state index contributed by atoms with van der Waals surface area (Å²) in [5, 5.41) is 3.19. The Morgan fingerprint density at radius 1 is 1.22 bits per heavy atom. The molecule has 0 aliphatic rings. The van der Waals surface area contributed by atoms with Crippen LogP contribution >= 0.6 is 15.9 Å². The SMILES string of the molecule is Cc1nc(Br)cc(NCCOc2ccccc2)n1. The van der Waals surface area contributed by atoms with Crippen molar-refractivity contribution < 1.29 is 4.74 Å². The minimum atomic E-state index is 0.588. The molecule has 0 spiro atoms. The van der Waals surface area contributed by atoms with E-state index < -0.39 is 0 Å². The Kier molecular flexibility index (Phi) is 4.52. The summed E-state index contributed by atoms with van der Waals surface area (Å²) in [5.74, 6) is 2.40. The lowest BCUT2D eigenvalue weighted by atomic mass is 10.3. The number of rotatable bonds is 5. The van der Waals surface area contributed by atoms with Gasteiger partial charge in [-0.15, -0.1) is 0 Å². The highest BCUT2D eigenvalue weighted by Crippen LogP contribution is 2.12. The summed E-state index contributed by atoms with van der Waals surface area (Å²) in [7, 11) is 0. The second kappa shape index (κ2) is 6.35. The molecule has 0 aliphatic heterocycles. The molecule has 0 fully saturated rings. The monoisotopic (exact) mass is 307 g/mol. The molecular weight excluding hydrogens is 294 g/mol. The topological polar surface area (TPSA) is 47.0 Å². The fourth-order valence-corrected chi connectivity index (χ4v) is 1.96. The summed E-state index contributed by atoms with van der Waals surface area (Å²) in [5.41, 5.74) is 0. The van der Waals surface area contributed by atoms with E-state index in [4.69, 9.17) is 4.74 Å². The van der Waals surface area contributed by atoms with E-state index in [1.54, 1.807) is 0 Å². The van der Waals surface area contributed by atoms with Crippen LogP contribution in [0.15, 0.2) is 41.0 Å². The van der Waals surface area contributed by atoms with Gasteiger partial charge in [-0.2, -0.15) is 0 Å². The van der Waals surface area contributed by atoms with Gasteiger partial charge in [-0.3, -0.25) is 0 Å². The van der Waals surface area contributed by atoms with Crippen molar-refractivity contribution in [3.8, 4) is 5.75 Å². The van der Waals surface area contributed by atoms with Crippen molar-refractivity contribution in [2.24, 2.45) is 0 Å². The molecule has 0 amide bonds. The summed E-state index contributed by atoms with van der Waals surface area (Å²) >= 11 is 3.34. The van der Waals surface area contributed by atoms with Gasteiger partial charge in [0.25, 0.3) is 0 Å². The molecule has 2 rings (SSSR count). The number of benzene rings is 1. The number of nitrogens with zero attached hydrogens (tertiary/aromatic N) is 2. The van der Waals surface area contributed by atoms with Gasteiger partial charge < -0.3 is 10.1 Å². The maximum Gasteiger partial charge on any atom is 0.130 e. The molecule has 0 saturated carbocycles. The van der Waals surface area contributed by atoms with E-state index in [1.807, 2.05) is 43.3 Å². The molecule has 4 nitrogen and oxygen atoms in total. The molecule has 0 saturated heterocycles. The van der Waals surface area contributed by atoms with Crippen molar-refractivity contribution in [2.45, 2.75) is 6.92 Å². The van der Waals surface area contributed by atoms with Crippen molar-refractivity contribution >= 4 is 21.7 Å². The lowest BCUT2D eigenvalue weighted by Gasteiger charge is -2.08. The quantitative estimate of drug-likeness (QED) is 0.681. The molecule has 0 atom stereocenters. The van der Waals surface area contributed by atoms with E-state index in [9.17, 15) is 0 Å². The molecule has 0 radical (unpaired) electrons. The predicted molar refractivity (Wildman–Crippen MR) is 74.9 cm³/mol. The first-order valence-corrected chi connectivity index (χ1v) is 6.46. The highest BCUT2D eigenvalue weighted by Gasteiger charge is 1.99. The van der Waals surface area contributed by atoms with Gasteiger partial charge in [-0.1, -0.05) is 18.2 Å². The number of hydrogen-bond acceptors (Lipinski definition) is 4. The number of nitrogens with one attached hydrogen (secondary N) is 1. The highest BCUT2D eigenvalue weighted by atomic mass is 79.9. The first-order chi connectivity index (χ1) is 8.74. The summed E-state index contributed by atoms with van der Waals surface area (Å²) in [6.45, 7) is 3.14. The predicted octanol–water partition coefficient (Wildman–Crippen LogP) is 3.04. The van der Waals surface area contributed by atoms with Crippen LogP contribution in [0.2, 0.25) is 0 Å². The lowest BCUT2D eigenvalue weighted by molar-refractivity contribution is 0.332. The maximum absolute atomic E-state index is 5.57. The highest BCUT2D eigenvalue weighted by molar-refractivity contribution is 9.10. The minimum absolute atomic E-state index is 0.588. The smallest absolute Gasteiger partial charge is 0.130 e. The Labute approximate surface area is 115 Å². The van der Waals surface area contributed by atoms with Crippen LogP contribution in [0, 0.1) is 6.92 Å². The van der Waals surface area contributed by atoms with Gasteiger partial charge in [0.05, 0.1) is 6.54 Å². The van der Waals surface area contributed by atoms with Crippen LogP contribution in [-0.2, 0) is 0 Å². The van der Waals surface area contributed by atoms with Crippen LogP contribution in [0.4, 0.5) is 5.82 Å². The molecule has 1 aromatic carbocycles. The summed E-state index contributed by atoms with van der Waals surface area (Å²) in [4.78, 5) is 8.42. The number of halogens is 1. The van der Waals surface area contributed by atoms with E-state index in [0.717, 1.165) is 22.0 Å². The van der Waals surface area contributed by atoms with E-state index in [1.165, 1.54) is 0 Å². The Morgan fingerprint density at radius 3 is 2.72 bits per heavy atom. The van der Waals surface area contributed by atoms with Gasteiger partial charge in [-0.25, -0.2) is 9.97 Å². The van der Waals surface area contributed by atoms with Crippen LogP contribution in [0.25, 0.3) is 0 Å². The lowest BCUT2D eigenvalue weighted by Crippen LogP contribution is -2.12.